The smallest absolute Gasteiger partial charge is 0.251 e. The van der Waals surface area contributed by atoms with Crippen LogP contribution in [0.1, 0.15) is 39.5 Å². The molecule has 0 saturated carbocycles. The Balaban J connectivity index is 1.52. The molecule has 0 spiro atoms. The number of primary amides is 1. The SMILES string of the molecule is Cc1nc(SCC(=O)Nc2sc3c(c2C(N)=O)CCCC3)c2ccccc2n1. The summed E-state index contributed by atoms with van der Waals surface area (Å²) < 4.78 is 0. The van der Waals surface area contributed by atoms with E-state index in [9.17, 15) is 9.59 Å². The van der Waals surface area contributed by atoms with Crippen LogP contribution in [0.2, 0.25) is 0 Å². The lowest BCUT2D eigenvalue weighted by Gasteiger charge is -2.11. The van der Waals surface area contributed by atoms with E-state index in [1.54, 1.807) is 0 Å². The summed E-state index contributed by atoms with van der Waals surface area (Å²) in [6.45, 7) is 1.84. The second-order valence-corrected chi connectivity index (χ2v) is 8.78. The first kappa shape index (κ1) is 18.9. The number of thiophene rings is 1. The first-order valence-electron chi connectivity index (χ1n) is 9.13. The Hall–Kier alpha value is -2.45. The van der Waals surface area contributed by atoms with Crippen molar-refractivity contribution in [1.82, 2.24) is 9.97 Å². The van der Waals surface area contributed by atoms with E-state index in [1.165, 1.54) is 28.0 Å². The van der Waals surface area contributed by atoms with E-state index in [0.29, 0.717) is 16.4 Å². The molecule has 0 radical (unpaired) electrons. The summed E-state index contributed by atoms with van der Waals surface area (Å²) in [6, 6.07) is 7.75. The van der Waals surface area contributed by atoms with Crippen LogP contribution in [0.15, 0.2) is 29.3 Å². The highest BCUT2D eigenvalue weighted by Crippen LogP contribution is 2.38. The molecule has 144 valence electrons. The number of para-hydroxylation sites is 1. The van der Waals surface area contributed by atoms with Crippen LogP contribution in [0.25, 0.3) is 10.9 Å². The summed E-state index contributed by atoms with van der Waals surface area (Å²) in [5, 5.41) is 5.18. The van der Waals surface area contributed by atoms with Crippen molar-refractivity contribution in [3.05, 3.63) is 46.1 Å². The molecule has 0 unspecified atom stereocenters. The molecule has 0 saturated heterocycles. The average Bonchev–Trinajstić information content (AvgIpc) is 3.03. The van der Waals surface area contributed by atoms with E-state index in [-0.39, 0.29) is 11.7 Å². The van der Waals surface area contributed by atoms with Crippen molar-refractivity contribution < 1.29 is 9.59 Å². The quantitative estimate of drug-likeness (QED) is 0.492. The lowest BCUT2D eigenvalue weighted by molar-refractivity contribution is -0.113. The number of benzene rings is 1. The molecule has 2 heterocycles. The van der Waals surface area contributed by atoms with Gasteiger partial charge in [-0.05, 0) is 44.2 Å². The lowest BCUT2D eigenvalue weighted by Crippen LogP contribution is -2.19. The zero-order valence-electron chi connectivity index (χ0n) is 15.4. The Labute approximate surface area is 170 Å². The van der Waals surface area contributed by atoms with E-state index in [2.05, 4.69) is 15.3 Å². The van der Waals surface area contributed by atoms with Crippen molar-refractivity contribution in [2.24, 2.45) is 5.73 Å². The number of fused-ring (bicyclic) bond motifs is 2. The molecule has 8 heteroatoms. The zero-order valence-corrected chi connectivity index (χ0v) is 17.1. The monoisotopic (exact) mass is 412 g/mol. The zero-order chi connectivity index (χ0) is 19.7. The van der Waals surface area contributed by atoms with Crippen LogP contribution in [0.4, 0.5) is 5.00 Å². The Kier molecular flexibility index (Phi) is 5.32. The number of thioether (sulfide) groups is 1. The number of aryl methyl sites for hydroxylation is 2. The molecule has 4 rings (SSSR count). The van der Waals surface area contributed by atoms with Gasteiger partial charge in [-0.15, -0.1) is 11.3 Å². The standard InChI is InChI=1S/C20H20N4O2S2/c1-11-22-14-8-4-2-6-12(14)19(23-11)27-10-16(25)24-20-17(18(21)26)13-7-3-5-9-15(13)28-20/h2,4,6,8H,3,5,7,9-10H2,1H3,(H2,21,26)(H,24,25). The molecule has 0 fully saturated rings. The molecule has 0 bridgehead atoms. The van der Waals surface area contributed by atoms with Crippen LogP contribution >= 0.6 is 23.1 Å². The van der Waals surface area contributed by atoms with Gasteiger partial charge in [0.05, 0.1) is 16.8 Å². The Morgan fingerprint density at radius 1 is 1.21 bits per heavy atom. The molecule has 3 aromatic rings. The van der Waals surface area contributed by atoms with Gasteiger partial charge in [-0.25, -0.2) is 9.97 Å². The molecule has 1 aliphatic rings. The van der Waals surface area contributed by atoms with Crippen LogP contribution in [0, 0.1) is 6.92 Å². The van der Waals surface area contributed by atoms with E-state index in [4.69, 9.17) is 5.73 Å². The van der Waals surface area contributed by atoms with Crippen LogP contribution in [0.5, 0.6) is 0 Å². The van der Waals surface area contributed by atoms with Crippen LogP contribution < -0.4 is 11.1 Å². The molecule has 6 nitrogen and oxygen atoms in total. The predicted molar refractivity (Wildman–Crippen MR) is 113 cm³/mol. The molecule has 1 aromatic carbocycles. The number of amides is 2. The summed E-state index contributed by atoms with van der Waals surface area (Å²) in [7, 11) is 0. The fourth-order valence-electron chi connectivity index (χ4n) is 3.48. The van der Waals surface area contributed by atoms with Crippen molar-refractivity contribution in [2.75, 3.05) is 11.1 Å². The maximum Gasteiger partial charge on any atom is 0.251 e. The van der Waals surface area contributed by atoms with Crippen molar-refractivity contribution in [3.63, 3.8) is 0 Å². The Morgan fingerprint density at radius 3 is 2.82 bits per heavy atom. The minimum Gasteiger partial charge on any atom is -0.365 e. The first-order chi connectivity index (χ1) is 13.5. The first-order valence-corrected chi connectivity index (χ1v) is 10.9. The second kappa shape index (κ2) is 7.89. The van der Waals surface area contributed by atoms with Crippen molar-refractivity contribution >= 4 is 50.8 Å². The number of carbonyl (C=O) groups is 2. The summed E-state index contributed by atoms with van der Waals surface area (Å²) >= 11 is 2.84. The van der Waals surface area contributed by atoms with E-state index in [1.807, 2.05) is 31.2 Å². The number of aromatic nitrogens is 2. The van der Waals surface area contributed by atoms with E-state index < -0.39 is 5.91 Å². The van der Waals surface area contributed by atoms with Gasteiger partial charge in [0.2, 0.25) is 5.91 Å². The number of anilines is 1. The van der Waals surface area contributed by atoms with Crippen LogP contribution in [-0.2, 0) is 17.6 Å². The fraction of sp³-hybridized carbons (Fsp3) is 0.300. The molecule has 0 atom stereocenters. The lowest BCUT2D eigenvalue weighted by atomic mass is 9.95. The molecular formula is C20H20N4O2S2. The highest BCUT2D eigenvalue weighted by molar-refractivity contribution is 8.00. The number of carbonyl (C=O) groups excluding carboxylic acids is 2. The second-order valence-electron chi connectivity index (χ2n) is 6.71. The molecule has 28 heavy (non-hydrogen) atoms. The number of nitrogens with zero attached hydrogens (tertiary/aromatic N) is 2. The topological polar surface area (TPSA) is 98.0 Å². The van der Waals surface area contributed by atoms with Crippen molar-refractivity contribution in [2.45, 2.75) is 37.6 Å². The van der Waals surface area contributed by atoms with Crippen LogP contribution in [-0.4, -0.2) is 27.5 Å². The normalized spacial score (nSPS) is 13.3. The predicted octanol–water partition coefficient (Wildman–Crippen LogP) is 3.71. The Bertz CT molecular complexity index is 1080. The summed E-state index contributed by atoms with van der Waals surface area (Å²) in [6.07, 6.45) is 3.94. The Morgan fingerprint density at radius 2 is 2.00 bits per heavy atom. The van der Waals surface area contributed by atoms with Crippen molar-refractivity contribution in [1.29, 1.82) is 0 Å². The van der Waals surface area contributed by atoms with Gasteiger partial charge in [0, 0.05) is 10.3 Å². The number of hydrogen-bond donors (Lipinski definition) is 2. The maximum absolute atomic E-state index is 12.6. The third-order valence-corrected chi connectivity index (χ3v) is 6.89. The minimum atomic E-state index is -0.472. The van der Waals surface area contributed by atoms with Crippen molar-refractivity contribution in [3.8, 4) is 0 Å². The van der Waals surface area contributed by atoms with Gasteiger partial charge >= 0.3 is 0 Å². The number of hydrogen-bond acceptors (Lipinski definition) is 6. The highest BCUT2D eigenvalue weighted by Gasteiger charge is 2.25. The molecule has 0 aliphatic heterocycles. The summed E-state index contributed by atoms with van der Waals surface area (Å²) in [5.74, 6) is 0.219. The van der Waals surface area contributed by atoms with Gasteiger partial charge in [-0.3, -0.25) is 9.59 Å². The fourth-order valence-corrected chi connectivity index (χ4v) is 5.66. The van der Waals surface area contributed by atoms with E-state index >= 15 is 0 Å². The molecule has 2 aromatic heterocycles. The van der Waals surface area contributed by atoms with Gasteiger partial charge in [0.1, 0.15) is 15.9 Å². The maximum atomic E-state index is 12.6. The average molecular weight is 413 g/mol. The summed E-state index contributed by atoms with van der Waals surface area (Å²) in [5.41, 5.74) is 7.96. The highest BCUT2D eigenvalue weighted by atomic mass is 32.2. The molecule has 3 N–H and O–H groups in total. The van der Waals surface area contributed by atoms with Gasteiger partial charge in [-0.2, -0.15) is 0 Å². The van der Waals surface area contributed by atoms with Gasteiger partial charge in [-0.1, -0.05) is 30.0 Å². The number of nitrogens with two attached hydrogens (primary N) is 1. The van der Waals surface area contributed by atoms with Gasteiger partial charge < -0.3 is 11.1 Å². The summed E-state index contributed by atoms with van der Waals surface area (Å²) in [4.78, 5) is 34.6. The van der Waals surface area contributed by atoms with Gasteiger partial charge in [0.15, 0.2) is 0 Å². The van der Waals surface area contributed by atoms with Gasteiger partial charge in [0.25, 0.3) is 5.91 Å². The molecule has 2 amide bonds. The minimum absolute atomic E-state index is 0.175. The largest absolute Gasteiger partial charge is 0.365 e. The third-order valence-electron chi connectivity index (χ3n) is 4.69. The number of rotatable bonds is 5. The van der Waals surface area contributed by atoms with E-state index in [0.717, 1.165) is 47.2 Å². The number of nitrogens with one attached hydrogen (secondary N) is 1. The third kappa shape index (κ3) is 3.74. The molecular weight excluding hydrogens is 392 g/mol. The molecule has 1 aliphatic carbocycles. The van der Waals surface area contributed by atoms with Crippen LogP contribution in [0.3, 0.4) is 0 Å².